The number of anilines is 1. The van der Waals surface area contributed by atoms with Crippen LogP contribution in [0, 0.1) is 0 Å². The lowest BCUT2D eigenvalue weighted by Crippen LogP contribution is -2.54. The summed E-state index contributed by atoms with van der Waals surface area (Å²) in [5.41, 5.74) is 0.159. The number of hydrogen-bond donors (Lipinski definition) is 2. The zero-order valence-electron chi connectivity index (χ0n) is 16.4. The highest BCUT2D eigenvalue weighted by Crippen LogP contribution is 2.34. The molecule has 31 heavy (non-hydrogen) atoms. The third-order valence-electron chi connectivity index (χ3n) is 4.34. The number of ether oxygens (including phenoxy) is 2. The Kier molecular flexibility index (Phi) is 6.40. The standard InChI is InChI=1S/C21H17BrN2O7/c1-11(20(27)28)31-17-12(5-3-8-16(17)30-2)9-15-18(25)23-21(29)24(19(15)26)14-7-4-6-13(22)10-14/h3-11H,1-2H3,(H,27,28)(H,23,25,29)/b15-9+/t11-/m0/s1. The van der Waals surface area contributed by atoms with Gasteiger partial charge in [-0.1, -0.05) is 34.1 Å². The number of hydrogen-bond acceptors (Lipinski definition) is 6. The molecule has 160 valence electrons. The van der Waals surface area contributed by atoms with Gasteiger partial charge in [0.05, 0.1) is 12.8 Å². The second-order valence-corrected chi connectivity index (χ2v) is 7.33. The molecular formula is C21H17BrN2O7. The molecule has 1 aliphatic heterocycles. The molecule has 10 heteroatoms. The number of aliphatic carboxylic acids is 1. The molecule has 0 spiro atoms. The number of urea groups is 1. The van der Waals surface area contributed by atoms with Gasteiger partial charge in [0, 0.05) is 10.0 Å². The number of imide groups is 2. The number of carboxylic acid groups (broad SMARTS) is 1. The van der Waals surface area contributed by atoms with Gasteiger partial charge in [-0.2, -0.15) is 0 Å². The minimum atomic E-state index is -1.22. The molecule has 2 N–H and O–H groups in total. The monoisotopic (exact) mass is 488 g/mol. The van der Waals surface area contributed by atoms with Crippen LogP contribution in [0.25, 0.3) is 6.08 Å². The number of para-hydroxylation sites is 1. The van der Waals surface area contributed by atoms with Crippen molar-refractivity contribution < 1.29 is 33.8 Å². The second-order valence-electron chi connectivity index (χ2n) is 6.41. The van der Waals surface area contributed by atoms with Gasteiger partial charge in [0.25, 0.3) is 11.8 Å². The molecule has 1 heterocycles. The predicted molar refractivity (Wildman–Crippen MR) is 114 cm³/mol. The zero-order chi connectivity index (χ0) is 22.7. The smallest absolute Gasteiger partial charge is 0.344 e. The molecule has 0 aliphatic carbocycles. The number of halogens is 1. The van der Waals surface area contributed by atoms with Crippen LogP contribution in [0.5, 0.6) is 11.5 Å². The van der Waals surface area contributed by atoms with Crippen molar-refractivity contribution in [2.45, 2.75) is 13.0 Å². The Balaban J connectivity index is 2.08. The fourth-order valence-electron chi connectivity index (χ4n) is 2.82. The van der Waals surface area contributed by atoms with E-state index in [1.165, 1.54) is 26.2 Å². The minimum absolute atomic E-state index is 0.0407. The fourth-order valence-corrected chi connectivity index (χ4v) is 3.21. The first kappa shape index (κ1) is 22.0. The third kappa shape index (κ3) is 4.58. The van der Waals surface area contributed by atoms with Crippen LogP contribution in [0.2, 0.25) is 0 Å². The van der Waals surface area contributed by atoms with Crippen molar-refractivity contribution in [3.05, 3.63) is 58.1 Å². The average Bonchev–Trinajstić information content (AvgIpc) is 2.71. The quantitative estimate of drug-likeness (QED) is 0.473. The van der Waals surface area contributed by atoms with Gasteiger partial charge in [-0.15, -0.1) is 0 Å². The van der Waals surface area contributed by atoms with E-state index >= 15 is 0 Å². The van der Waals surface area contributed by atoms with Crippen LogP contribution in [-0.4, -0.2) is 42.1 Å². The molecule has 3 rings (SSSR count). The Bertz CT molecular complexity index is 1110. The number of amides is 4. The Morgan fingerprint density at radius 1 is 1.19 bits per heavy atom. The molecule has 9 nitrogen and oxygen atoms in total. The normalized spacial score (nSPS) is 16.2. The van der Waals surface area contributed by atoms with Gasteiger partial charge in [-0.3, -0.25) is 14.9 Å². The lowest BCUT2D eigenvalue weighted by molar-refractivity contribution is -0.144. The molecule has 4 amide bonds. The van der Waals surface area contributed by atoms with Gasteiger partial charge in [-0.05, 0) is 37.3 Å². The van der Waals surface area contributed by atoms with Crippen LogP contribution in [-0.2, 0) is 14.4 Å². The van der Waals surface area contributed by atoms with Crippen molar-refractivity contribution >= 4 is 51.5 Å². The van der Waals surface area contributed by atoms with Crippen molar-refractivity contribution in [1.29, 1.82) is 0 Å². The van der Waals surface area contributed by atoms with Crippen molar-refractivity contribution in [2.24, 2.45) is 0 Å². The Labute approximate surface area is 185 Å². The average molecular weight is 489 g/mol. The van der Waals surface area contributed by atoms with E-state index in [9.17, 15) is 19.2 Å². The molecule has 0 unspecified atom stereocenters. The lowest BCUT2D eigenvalue weighted by atomic mass is 10.1. The van der Waals surface area contributed by atoms with E-state index < -0.39 is 29.9 Å². The van der Waals surface area contributed by atoms with Crippen LogP contribution >= 0.6 is 15.9 Å². The SMILES string of the molecule is COc1cccc(/C=C2\C(=O)NC(=O)N(c3cccc(Br)c3)C2=O)c1O[C@@H](C)C(=O)O. The van der Waals surface area contributed by atoms with E-state index in [1.807, 2.05) is 0 Å². The number of carbonyl (C=O) groups is 4. The van der Waals surface area contributed by atoms with Gasteiger partial charge >= 0.3 is 12.0 Å². The highest BCUT2D eigenvalue weighted by molar-refractivity contribution is 9.10. The zero-order valence-corrected chi connectivity index (χ0v) is 18.0. The Morgan fingerprint density at radius 3 is 2.55 bits per heavy atom. The maximum atomic E-state index is 13.1. The Morgan fingerprint density at radius 2 is 1.90 bits per heavy atom. The van der Waals surface area contributed by atoms with Crippen LogP contribution < -0.4 is 19.7 Å². The third-order valence-corrected chi connectivity index (χ3v) is 4.83. The molecule has 0 bridgehead atoms. The molecule has 1 atom stereocenters. The fraction of sp³-hybridized carbons (Fsp3) is 0.143. The maximum absolute atomic E-state index is 13.1. The van der Waals surface area contributed by atoms with Crippen molar-refractivity contribution in [3.63, 3.8) is 0 Å². The minimum Gasteiger partial charge on any atom is -0.493 e. The summed E-state index contributed by atoms with van der Waals surface area (Å²) in [5.74, 6) is -2.68. The van der Waals surface area contributed by atoms with Crippen molar-refractivity contribution in [2.75, 3.05) is 12.0 Å². The number of carboxylic acids is 1. The number of barbiturate groups is 1. The van der Waals surface area contributed by atoms with Crippen LogP contribution in [0.4, 0.5) is 10.5 Å². The van der Waals surface area contributed by atoms with Crippen LogP contribution in [0.1, 0.15) is 12.5 Å². The van der Waals surface area contributed by atoms with E-state index in [0.717, 1.165) is 4.90 Å². The van der Waals surface area contributed by atoms with E-state index in [2.05, 4.69) is 21.2 Å². The van der Waals surface area contributed by atoms with Crippen LogP contribution in [0.3, 0.4) is 0 Å². The number of nitrogens with one attached hydrogen (secondary N) is 1. The van der Waals surface area contributed by atoms with Crippen molar-refractivity contribution in [1.82, 2.24) is 5.32 Å². The van der Waals surface area contributed by atoms with E-state index in [-0.39, 0.29) is 28.3 Å². The van der Waals surface area contributed by atoms with Crippen molar-refractivity contribution in [3.8, 4) is 11.5 Å². The van der Waals surface area contributed by atoms with Gasteiger partial charge in [0.1, 0.15) is 5.57 Å². The van der Waals surface area contributed by atoms with Gasteiger partial charge in [-0.25, -0.2) is 14.5 Å². The first-order valence-electron chi connectivity index (χ1n) is 8.96. The summed E-state index contributed by atoms with van der Waals surface area (Å²) in [6, 6.07) is 10.2. The van der Waals surface area contributed by atoms with E-state index in [0.29, 0.717) is 4.47 Å². The highest BCUT2D eigenvalue weighted by atomic mass is 79.9. The molecule has 0 aromatic heterocycles. The molecule has 0 saturated carbocycles. The van der Waals surface area contributed by atoms with Crippen LogP contribution in [0.15, 0.2) is 52.5 Å². The summed E-state index contributed by atoms with van der Waals surface area (Å²) in [4.78, 5) is 49.9. The molecule has 0 radical (unpaired) electrons. The second kappa shape index (κ2) is 9.00. The molecule has 1 aliphatic rings. The maximum Gasteiger partial charge on any atom is 0.344 e. The summed E-state index contributed by atoms with van der Waals surface area (Å²) in [7, 11) is 1.37. The number of nitrogens with zero attached hydrogens (tertiary/aromatic N) is 1. The van der Waals surface area contributed by atoms with Gasteiger partial charge < -0.3 is 14.6 Å². The summed E-state index contributed by atoms with van der Waals surface area (Å²) >= 11 is 3.28. The highest BCUT2D eigenvalue weighted by Gasteiger charge is 2.37. The largest absolute Gasteiger partial charge is 0.493 e. The summed E-state index contributed by atoms with van der Waals surface area (Å²) in [6.07, 6.45) is 0.00528. The molecule has 1 saturated heterocycles. The number of methoxy groups -OCH3 is 1. The molecule has 1 fully saturated rings. The van der Waals surface area contributed by atoms with Gasteiger partial charge in [0.15, 0.2) is 17.6 Å². The number of rotatable bonds is 6. The summed E-state index contributed by atoms with van der Waals surface area (Å²) in [6.45, 7) is 1.33. The predicted octanol–water partition coefficient (Wildman–Crippen LogP) is 2.98. The molecule has 2 aromatic rings. The Hall–Kier alpha value is -3.66. The van der Waals surface area contributed by atoms with E-state index in [4.69, 9.17) is 14.6 Å². The lowest BCUT2D eigenvalue weighted by Gasteiger charge is -2.26. The molecule has 2 aromatic carbocycles. The first-order chi connectivity index (χ1) is 14.7. The summed E-state index contributed by atoms with van der Waals surface area (Å²) < 4.78 is 11.4. The van der Waals surface area contributed by atoms with E-state index in [1.54, 1.807) is 36.4 Å². The molecular weight excluding hydrogens is 472 g/mol. The number of carbonyl (C=O) groups excluding carboxylic acids is 3. The first-order valence-corrected chi connectivity index (χ1v) is 9.75. The summed E-state index contributed by atoms with van der Waals surface area (Å²) in [5, 5.41) is 11.3. The topological polar surface area (TPSA) is 122 Å². The number of benzene rings is 2. The van der Waals surface area contributed by atoms with Gasteiger partial charge in [0.2, 0.25) is 0 Å².